The van der Waals surface area contributed by atoms with E-state index in [-0.39, 0.29) is 5.75 Å². The average Bonchev–Trinajstić information content (AvgIpc) is 2.19. The minimum atomic E-state index is -3.01. The lowest BCUT2D eigenvalue weighted by molar-refractivity contribution is 0.578. The zero-order valence-corrected chi connectivity index (χ0v) is 10.3. The molecular weight excluding hydrogens is 210 g/mol. The van der Waals surface area contributed by atoms with Crippen LogP contribution in [0.4, 0.5) is 0 Å². The van der Waals surface area contributed by atoms with Crippen molar-refractivity contribution in [2.24, 2.45) is 0 Å². The van der Waals surface area contributed by atoms with Gasteiger partial charge < -0.3 is 0 Å². The first-order valence-corrected chi connectivity index (χ1v) is 7.44. The van der Waals surface area contributed by atoms with Gasteiger partial charge in [0.2, 0.25) is 10.0 Å². The lowest BCUT2D eigenvalue weighted by Crippen LogP contribution is -2.27. The van der Waals surface area contributed by atoms with E-state index in [2.05, 4.69) is 10.8 Å². The van der Waals surface area contributed by atoms with Gasteiger partial charge in [-0.3, -0.25) is 0 Å². The van der Waals surface area contributed by atoms with Gasteiger partial charge in [0.15, 0.2) is 0 Å². The molecule has 88 valence electrons. The summed E-state index contributed by atoms with van der Waals surface area (Å²) in [5.74, 6) is 0.242. The van der Waals surface area contributed by atoms with E-state index in [1.165, 1.54) is 18.4 Å². The number of nitrogens with one attached hydrogen (secondary N) is 1. The molecule has 0 amide bonds. The van der Waals surface area contributed by atoms with Crippen molar-refractivity contribution in [1.82, 2.24) is 4.72 Å². The van der Waals surface area contributed by atoms with Gasteiger partial charge in [-0.25, -0.2) is 13.1 Å². The molecule has 0 aromatic rings. The van der Waals surface area contributed by atoms with Crippen LogP contribution in [0.5, 0.6) is 0 Å². The van der Waals surface area contributed by atoms with Crippen molar-refractivity contribution >= 4 is 10.0 Å². The molecule has 4 heteroatoms. The zero-order valence-electron chi connectivity index (χ0n) is 9.46. The van der Waals surface area contributed by atoms with E-state index >= 15 is 0 Å². The molecule has 0 aromatic heterocycles. The molecule has 0 unspecified atom stereocenters. The Labute approximate surface area is 93.0 Å². The number of rotatable bonds is 6. The number of hydrogen-bond acceptors (Lipinski definition) is 2. The first-order valence-electron chi connectivity index (χ1n) is 5.79. The molecule has 0 fully saturated rings. The van der Waals surface area contributed by atoms with Crippen LogP contribution < -0.4 is 4.72 Å². The molecule has 1 aliphatic carbocycles. The molecule has 0 aromatic carbocycles. The molecular formula is C11H21NO2S. The van der Waals surface area contributed by atoms with Crippen LogP contribution in [0.3, 0.4) is 0 Å². The molecule has 15 heavy (non-hydrogen) atoms. The summed E-state index contributed by atoms with van der Waals surface area (Å²) in [7, 11) is -3.01. The van der Waals surface area contributed by atoms with Crippen LogP contribution in [0.25, 0.3) is 0 Å². The second-order valence-electron chi connectivity index (χ2n) is 4.07. The van der Waals surface area contributed by atoms with Crippen molar-refractivity contribution in [2.45, 2.75) is 45.4 Å². The maximum absolute atomic E-state index is 11.3. The first-order chi connectivity index (χ1) is 7.14. The third-order valence-electron chi connectivity index (χ3n) is 2.63. The Kier molecular flexibility index (Phi) is 5.32. The summed E-state index contributed by atoms with van der Waals surface area (Å²) in [6.07, 6.45) is 8.67. The highest BCUT2D eigenvalue weighted by atomic mass is 32.2. The monoisotopic (exact) mass is 231 g/mol. The smallest absolute Gasteiger partial charge is 0.211 e. The third-order valence-corrected chi connectivity index (χ3v) is 4.22. The highest BCUT2D eigenvalue weighted by Crippen LogP contribution is 2.19. The summed E-state index contributed by atoms with van der Waals surface area (Å²) < 4.78 is 25.3. The molecule has 0 spiro atoms. The van der Waals surface area contributed by atoms with E-state index in [4.69, 9.17) is 0 Å². The van der Waals surface area contributed by atoms with E-state index < -0.39 is 10.0 Å². The number of allylic oxidation sites excluding steroid dienone is 1. The standard InChI is InChI=1S/C11H21NO2S/c1-2-10-15(13,14)12-9-8-11-6-4-3-5-7-11/h6,12H,2-5,7-10H2,1H3. The summed E-state index contributed by atoms with van der Waals surface area (Å²) in [4.78, 5) is 0. The van der Waals surface area contributed by atoms with Crippen LogP contribution >= 0.6 is 0 Å². The van der Waals surface area contributed by atoms with Crippen LogP contribution in [0.15, 0.2) is 11.6 Å². The van der Waals surface area contributed by atoms with Gasteiger partial charge in [0.05, 0.1) is 5.75 Å². The van der Waals surface area contributed by atoms with Crippen LogP contribution in [0.2, 0.25) is 0 Å². The summed E-state index contributed by atoms with van der Waals surface area (Å²) in [5.41, 5.74) is 1.42. The van der Waals surface area contributed by atoms with Crippen LogP contribution in [-0.2, 0) is 10.0 Å². The van der Waals surface area contributed by atoms with Crippen LogP contribution in [0.1, 0.15) is 45.4 Å². The third kappa shape index (κ3) is 5.33. The van der Waals surface area contributed by atoms with E-state index in [0.717, 1.165) is 19.3 Å². The molecule has 1 aliphatic rings. The van der Waals surface area contributed by atoms with Gasteiger partial charge in [-0.1, -0.05) is 18.6 Å². The van der Waals surface area contributed by atoms with Crippen molar-refractivity contribution in [2.75, 3.05) is 12.3 Å². The molecule has 1 rings (SSSR count). The number of hydrogen-bond donors (Lipinski definition) is 1. The SMILES string of the molecule is CCCS(=O)(=O)NCCC1=CCCCC1. The fourth-order valence-electron chi connectivity index (χ4n) is 1.84. The minimum Gasteiger partial charge on any atom is -0.215 e. The van der Waals surface area contributed by atoms with E-state index in [1.807, 2.05) is 6.92 Å². The first kappa shape index (κ1) is 12.7. The predicted molar refractivity (Wildman–Crippen MR) is 63.2 cm³/mol. The Morgan fingerprint density at radius 1 is 1.40 bits per heavy atom. The van der Waals surface area contributed by atoms with E-state index in [9.17, 15) is 8.42 Å². The van der Waals surface area contributed by atoms with Gasteiger partial charge in [0.25, 0.3) is 0 Å². The van der Waals surface area contributed by atoms with Crippen LogP contribution in [-0.4, -0.2) is 20.7 Å². The fourth-order valence-corrected chi connectivity index (χ4v) is 2.93. The Hall–Kier alpha value is -0.350. The maximum Gasteiger partial charge on any atom is 0.211 e. The van der Waals surface area contributed by atoms with Gasteiger partial charge >= 0.3 is 0 Å². The Balaban J connectivity index is 2.23. The molecule has 0 radical (unpaired) electrons. The normalized spacial score (nSPS) is 17.5. The lowest BCUT2D eigenvalue weighted by atomic mass is 9.97. The average molecular weight is 231 g/mol. The molecule has 1 N–H and O–H groups in total. The summed E-state index contributed by atoms with van der Waals surface area (Å²) in [6, 6.07) is 0. The predicted octanol–water partition coefficient (Wildman–Crippen LogP) is 2.21. The van der Waals surface area contributed by atoms with Gasteiger partial charge in [-0.05, 0) is 38.5 Å². The summed E-state index contributed by atoms with van der Waals surface area (Å²) in [5, 5.41) is 0. The highest BCUT2D eigenvalue weighted by molar-refractivity contribution is 7.89. The minimum absolute atomic E-state index is 0.242. The molecule has 0 aliphatic heterocycles. The fraction of sp³-hybridized carbons (Fsp3) is 0.818. The topological polar surface area (TPSA) is 46.2 Å². The molecule has 0 heterocycles. The van der Waals surface area contributed by atoms with Crippen molar-refractivity contribution < 1.29 is 8.42 Å². The Morgan fingerprint density at radius 3 is 2.80 bits per heavy atom. The molecule has 0 saturated carbocycles. The second-order valence-corrected chi connectivity index (χ2v) is 6.00. The molecule has 0 saturated heterocycles. The van der Waals surface area contributed by atoms with E-state index in [0.29, 0.717) is 13.0 Å². The van der Waals surface area contributed by atoms with Gasteiger partial charge in [-0.2, -0.15) is 0 Å². The molecule has 3 nitrogen and oxygen atoms in total. The zero-order chi connectivity index (χ0) is 11.1. The van der Waals surface area contributed by atoms with Gasteiger partial charge in [0.1, 0.15) is 0 Å². The molecule has 0 atom stereocenters. The van der Waals surface area contributed by atoms with Crippen LogP contribution in [0, 0.1) is 0 Å². The van der Waals surface area contributed by atoms with Crippen molar-refractivity contribution in [3.05, 3.63) is 11.6 Å². The molecule has 0 bridgehead atoms. The summed E-state index contributed by atoms with van der Waals surface area (Å²) >= 11 is 0. The Morgan fingerprint density at radius 2 is 2.20 bits per heavy atom. The quantitative estimate of drug-likeness (QED) is 0.712. The Bertz CT molecular complexity index is 307. The highest BCUT2D eigenvalue weighted by Gasteiger charge is 2.08. The number of sulfonamides is 1. The van der Waals surface area contributed by atoms with Crippen molar-refractivity contribution in [3.63, 3.8) is 0 Å². The lowest BCUT2D eigenvalue weighted by Gasteiger charge is -2.12. The van der Waals surface area contributed by atoms with Crippen molar-refractivity contribution in [3.8, 4) is 0 Å². The largest absolute Gasteiger partial charge is 0.215 e. The maximum atomic E-state index is 11.3. The van der Waals surface area contributed by atoms with Crippen molar-refractivity contribution in [1.29, 1.82) is 0 Å². The second kappa shape index (κ2) is 6.28. The van der Waals surface area contributed by atoms with E-state index in [1.54, 1.807) is 0 Å². The van der Waals surface area contributed by atoms with Gasteiger partial charge in [0, 0.05) is 6.54 Å². The van der Waals surface area contributed by atoms with Gasteiger partial charge in [-0.15, -0.1) is 0 Å². The summed E-state index contributed by atoms with van der Waals surface area (Å²) in [6.45, 7) is 2.44.